The highest BCUT2D eigenvalue weighted by Crippen LogP contribution is 2.35. The summed E-state index contributed by atoms with van der Waals surface area (Å²) >= 11 is 0. The fourth-order valence-corrected chi connectivity index (χ4v) is 29.4. The van der Waals surface area contributed by atoms with Crippen molar-refractivity contribution in [2.75, 3.05) is 0 Å². The molecule has 4 heteroatoms. The largest absolute Gasteiger partial charge is 0.0791 e. The van der Waals surface area contributed by atoms with E-state index >= 15 is 0 Å². The van der Waals surface area contributed by atoms with Crippen LogP contribution < -0.4 is 20.7 Å². The van der Waals surface area contributed by atoms with Crippen molar-refractivity contribution in [3.63, 3.8) is 0 Å². The first-order valence-corrected chi connectivity index (χ1v) is 39.9. The molecule has 0 saturated carbocycles. The van der Waals surface area contributed by atoms with Gasteiger partial charge in [0.2, 0.25) is 0 Å². The van der Waals surface area contributed by atoms with Gasteiger partial charge in [0.1, 0.15) is 0 Å². The Kier molecular flexibility index (Phi) is 10.2. The van der Waals surface area contributed by atoms with Crippen molar-refractivity contribution < 1.29 is 0 Å². The number of hydrogen-bond donors (Lipinski definition) is 0. The molecule has 0 aliphatic carbocycles. The first kappa shape index (κ1) is 45.0. The molecule has 1 heterocycles. The van der Waals surface area contributed by atoms with Crippen LogP contribution >= 0.6 is 0 Å². The number of fused-ring (bicyclic) bond motifs is 16. The van der Waals surface area contributed by atoms with Crippen molar-refractivity contribution in [1.29, 1.82) is 0 Å². The summed E-state index contributed by atoms with van der Waals surface area (Å²) in [6.45, 7) is 21.0. The molecule has 348 valence electrons. The summed E-state index contributed by atoms with van der Waals surface area (Å²) in [6, 6.07) is 85.8. The zero-order chi connectivity index (χ0) is 49.3. The van der Waals surface area contributed by atoms with Crippen LogP contribution in [0.3, 0.4) is 0 Å². The molecule has 18 bridgehead atoms. The molecular formula is C68H60Si4. The van der Waals surface area contributed by atoms with Crippen LogP contribution in [-0.4, -0.2) is 30.4 Å². The summed E-state index contributed by atoms with van der Waals surface area (Å²) in [4.78, 5) is 0. The Bertz CT molecular complexity index is 3690. The van der Waals surface area contributed by atoms with Crippen molar-refractivity contribution in [3.05, 3.63) is 218 Å². The van der Waals surface area contributed by atoms with Gasteiger partial charge in [0.05, 0.1) is 30.4 Å². The van der Waals surface area contributed by atoms with E-state index in [0.717, 1.165) is 0 Å². The van der Waals surface area contributed by atoms with E-state index in [1.165, 1.54) is 109 Å². The Balaban J connectivity index is 0.978. The van der Waals surface area contributed by atoms with Gasteiger partial charge in [0.15, 0.2) is 0 Å². The molecule has 0 N–H and O–H groups in total. The van der Waals surface area contributed by atoms with E-state index in [2.05, 4.69) is 271 Å². The molecule has 0 fully saturated rings. The average Bonchev–Trinajstić information content (AvgIpc) is 3.40. The van der Waals surface area contributed by atoms with Crippen molar-refractivity contribution in [2.24, 2.45) is 0 Å². The molecule has 13 rings (SSSR count). The fraction of sp³-hybridized carbons (Fsp3) is 0.118. The fourth-order valence-electron chi connectivity index (χ4n) is 11.9. The molecule has 72 heavy (non-hydrogen) atoms. The van der Waals surface area contributed by atoms with Gasteiger partial charge in [-0.3, -0.25) is 0 Å². The van der Waals surface area contributed by atoms with Gasteiger partial charge in [0.25, 0.3) is 0 Å². The molecule has 0 spiro atoms. The Morgan fingerprint density at radius 2 is 0.292 bits per heavy atom. The van der Waals surface area contributed by atoms with Crippen LogP contribution in [0.15, 0.2) is 218 Å². The molecule has 0 radical (unpaired) electrons. The number of hydrogen-bond acceptors (Lipinski definition) is 0. The zero-order valence-electron chi connectivity index (χ0n) is 42.8. The Labute approximate surface area is 428 Å². The monoisotopic (exact) mass is 988 g/mol. The Morgan fingerprint density at radius 3 is 0.458 bits per heavy atom. The van der Waals surface area contributed by atoms with Crippen LogP contribution in [0.1, 0.15) is 0 Å². The highest BCUT2D eigenvalue weighted by atomic mass is 29.3. The third-order valence-electron chi connectivity index (χ3n) is 18.4. The lowest BCUT2D eigenvalue weighted by atomic mass is 9.95. The summed E-state index contributed by atoms with van der Waals surface area (Å²) < 4.78 is 0. The lowest BCUT2D eigenvalue weighted by Crippen LogP contribution is -2.69. The van der Waals surface area contributed by atoms with Crippen molar-refractivity contribution >= 4 is 116 Å². The predicted octanol–water partition coefficient (Wildman–Crippen LogP) is 16.8. The highest BCUT2D eigenvalue weighted by molar-refractivity contribution is 7.50. The predicted molar refractivity (Wildman–Crippen MR) is 328 cm³/mol. The third kappa shape index (κ3) is 7.25. The Hall–Kier alpha value is -6.93. The Morgan fingerprint density at radius 1 is 0.153 bits per heavy atom. The van der Waals surface area contributed by atoms with Gasteiger partial charge in [-0.2, -0.15) is 0 Å². The van der Waals surface area contributed by atoms with Gasteiger partial charge in [-0.05, 0) is 158 Å². The highest BCUT2D eigenvalue weighted by Gasteiger charge is 2.45. The second-order valence-corrected chi connectivity index (χ2v) is 53.5. The standard InChI is InChI=1S/C68H60Si4/c1-69(2)65-29-25-47-13-21-55(37-61(47)41-65)51-17-9-45-11-19-53(35-59(45)33-51)57-23-15-49-27-31-67(43-63(49)39-57)71(5,6)72(7,8)68-32-28-50-16-24-58(40-64(50)44-68)54-20-12-46-10-18-52(34-60(46)36-54)56-22-14-48-26-30-66(70(69,3)4)42-62(48)38-56/h9-44H,1-8H3. The van der Waals surface area contributed by atoms with Crippen LogP contribution in [0.5, 0.6) is 0 Å². The van der Waals surface area contributed by atoms with Crippen LogP contribution in [0.2, 0.25) is 52.4 Å². The summed E-state index contributed by atoms with van der Waals surface area (Å²) in [6.07, 6.45) is 0. The van der Waals surface area contributed by atoms with Gasteiger partial charge in [0, 0.05) is 0 Å². The van der Waals surface area contributed by atoms with Gasteiger partial charge in [-0.1, -0.05) is 243 Å². The van der Waals surface area contributed by atoms with Crippen LogP contribution in [0.25, 0.3) is 109 Å². The number of rotatable bonds is 0. The van der Waals surface area contributed by atoms with E-state index in [1.54, 1.807) is 20.7 Å². The average molecular weight is 990 g/mol. The van der Waals surface area contributed by atoms with E-state index < -0.39 is 30.4 Å². The number of benzene rings is 12. The van der Waals surface area contributed by atoms with Crippen LogP contribution in [0, 0.1) is 0 Å². The minimum atomic E-state index is -1.97. The maximum Gasteiger partial charge on any atom is 0.0791 e. The van der Waals surface area contributed by atoms with E-state index in [1.807, 2.05) is 0 Å². The molecule has 12 aromatic rings. The second-order valence-electron chi connectivity index (χ2n) is 23.2. The molecular weight excluding hydrogens is 929 g/mol. The van der Waals surface area contributed by atoms with Crippen molar-refractivity contribution in [1.82, 2.24) is 0 Å². The quantitative estimate of drug-likeness (QED) is 0.133. The SMILES string of the molecule is C[Si]1(C)c2ccc3ccc(cc3c2)-c2ccc3ccc(cc3c2)-c2ccc3ccc(cc3c2)[Si](C)(C)[Si](C)(C)c2ccc3ccc(cc3c2)-c2ccc3ccc(cc3c2)-c2ccc3ccc(cc3c2)[Si]1(C)C. The summed E-state index contributed by atoms with van der Waals surface area (Å²) in [5, 5.41) is 21.8. The summed E-state index contributed by atoms with van der Waals surface area (Å²) in [5.74, 6) is 0. The van der Waals surface area contributed by atoms with Crippen LogP contribution in [-0.2, 0) is 0 Å². The first-order valence-electron chi connectivity index (χ1n) is 25.9. The summed E-state index contributed by atoms with van der Waals surface area (Å²) in [5.41, 5.74) is 10.1. The first-order chi connectivity index (χ1) is 34.6. The normalized spacial score (nSPS) is 15.7. The molecule has 0 aromatic heterocycles. The van der Waals surface area contributed by atoms with Gasteiger partial charge >= 0.3 is 0 Å². The molecule has 0 amide bonds. The third-order valence-corrected chi connectivity index (χ3v) is 53.9. The van der Waals surface area contributed by atoms with Gasteiger partial charge in [-0.15, -0.1) is 0 Å². The van der Waals surface area contributed by atoms with Crippen LogP contribution in [0.4, 0.5) is 0 Å². The zero-order valence-corrected chi connectivity index (χ0v) is 46.8. The van der Waals surface area contributed by atoms with Gasteiger partial charge < -0.3 is 0 Å². The molecule has 0 nitrogen and oxygen atoms in total. The molecule has 1 aliphatic rings. The lowest BCUT2D eigenvalue weighted by Gasteiger charge is -2.39. The molecule has 12 aromatic carbocycles. The van der Waals surface area contributed by atoms with Gasteiger partial charge in [-0.25, -0.2) is 0 Å². The van der Waals surface area contributed by atoms with Crippen molar-refractivity contribution in [2.45, 2.75) is 52.4 Å². The molecule has 0 atom stereocenters. The maximum atomic E-state index is 2.62. The minimum absolute atomic E-state index is 1.26. The lowest BCUT2D eigenvalue weighted by molar-refractivity contribution is 1.65. The van der Waals surface area contributed by atoms with E-state index in [-0.39, 0.29) is 0 Å². The molecule has 1 aliphatic heterocycles. The smallest absolute Gasteiger partial charge is 0.0671 e. The van der Waals surface area contributed by atoms with E-state index in [9.17, 15) is 0 Å². The maximum absolute atomic E-state index is 2.62. The topological polar surface area (TPSA) is 0 Å². The van der Waals surface area contributed by atoms with E-state index in [4.69, 9.17) is 0 Å². The molecule has 0 unspecified atom stereocenters. The minimum Gasteiger partial charge on any atom is -0.0671 e. The van der Waals surface area contributed by atoms with E-state index in [0.29, 0.717) is 0 Å². The summed E-state index contributed by atoms with van der Waals surface area (Å²) in [7, 11) is -7.89. The second kappa shape index (κ2) is 16.3. The molecule has 0 saturated heterocycles. The van der Waals surface area contributed by atoms with Crippen molar-refractivity contribution in [3.8, 4) is 44.5 Å².